The number of unbranched alkanes of at least 4 members (excludes halogenated alkanes) is 1. The molecule has 0 N–H and O–H groups in total. The number of hydrogen-bond donors (Lipinski definition) is 0. The molecule has 1 aliphatic rings. The van der Waals surface area contributed by atoms with Gasteiger partial charge in [-0.15, -0.1) is 0 Å². The van der Waals surface area contributed by atoms with Crippen LogP contribution in [0.3, 0.4) is 0 Å². The molecule has 36 heavy (non-hydrogen) atoms. The van der Waals surface area contributed by atoms with Crippen molar-refractivity contribution in [3.8, 4) is 11.3 Å². The van der Waals surface area contributed by atoms with E-state index in [1.807, 2.05) is 24.3 Å². The molecule has 190 valence electrons. The lowest BCUT2D eigenvalue weighted by atomic mass is 10.0. The molecule has 1 saturated heterocycles. The summed E-state index contributed by atoms with van der Waals surface area (Å²) in [6.07, 6.45) is 2.84. The second kappa shape index (κ2) is 12.1. The number of likely N-dealkylation sites (N-methyl/N-ethyl adjacent to an activating group) is 1. The Hall–Kier alpha value is -3.23. The molecule has 4 rings (SSSR count). The highest BCUT2D eigenvalue weighted by molar-refractivity contribution is 5.80. The van der Waals surface area contributed by atoms with Crippen LogP contribution in [-0.4, -0.2) is 65.1 Å². The van der Waals surface area contributed by atoms with Gasteiger partial charge >= 0.3 is 0 Å². The predicted molar refractivity (Wildman–Crippen MR) is 136 cm³/mol. The Bertz CT molecular complexity index is 1250. The van der Waals surface area contributed by atoms with Gasteiger partial charge in [0.25, 0.3) is 5.56 Å². The molecule has 2 heterocycles. The van der Waals surface area contributed by atoms with Crippen molar-refractivity contribution in [3.05, 3.63) is 87.7 Å². The highest BCUT2D eigenvalue weighted by atomic mass is 19.2. The van der Waals surface area contributed by atoms with E-state index in [1.54, 1.807) is 0 Å². The highest BCUT2D eigenvalue weighted by Gasteiger charge is 2.13. The third-order valence-electron chi connectivity index (χ3n) is 6.58. The van der Waals surface area contributed by atoms with E-state index in [4.69, 9.17) is 0 Å². The molecule has 0 saturated carbocycles. The molecule has 1 fully saturated rings. The van der Waals surface area contributed by atoms with Gasteiger partial charge < -0.3 is 9.80 Å². The number of Topliss-reactive ketones (excluding diaryl/α,β-unsaturated/α-hetero) is 1. The van der Waals surface area contributed by atoms with Gasteiger partial charge in [-0.25, -0.2) is 13.5 Å². The Morgan fingerprint density at radius 3 is 2.47 bits per heavy atom. The number of hydrogen-bond acceptors (Lipinski definition) is 5. The summed E-state index contributed by atoms with van der Waals surface area (Å²) in [4.78, 5) is 29.7. The van der Waals surface area contributed by atoms with Crippen LogP contribution in [0.1, 0.15) is 30.4 Å². The van der Waals surface area contributed by atoms with Gasteiger partial charge in [0.1, 0.15) is 5.78 Å². The van der Waals surface area contributed by atoms with Crippen molar-refractivity contribution < 1.29 is 13.6 Å². The molecule has 8 heteroatoms. The van der Waals surface area contributed by atoms with Crippen molar-refractivity contribution in [1.82, 2.24) is 19.6 Å². The summed E-state index contributed by atoms with van der Waals surface area (Å²) in [5.74, 6) is -1.70. The minimum atomic E-state index is -0.969. The first kappa shape index (κ1) is 25.9. The fourth-order valence-electron chi connectivity index (χ4n) is 4.43. The highest BCUT2D eigenvalue weighted by Crippen LogP contribution is 2.19. The van der Waals surface area contributed by atoms with Crippen molar-refractivity contribution in [2.75, 3.05) is 39.8 Å². The summed E-state index contributed by atoms with van der Waals surface area (Å²) in [7, 11) is 2.15. The normalized spacial score (nSPS) is 14.8. The van der Waals surface area contributed by atoms with Crippen LogP contribution in [-0.2, 0) is 17.8 Å². The number of aromatic nitrogens is 2. The number of carbonyl (C=O) groups is 1. The minimum absolute atomic E-state index is 0.209. The lowest BCUT2D eigenvalue weighted by Gasteiger charge is -2.32. The van der Waals surface area contributed by atoms with Gasteiger partial charge in [-0.2, -0.15) is 5.10 Å². The number of carbonyl (C=O) groups excluding carboxylic acids is 1. The molecule has 6 nitrogen and oxygen atoms in total. The van der Waals surface area contributed by atoms with Crippen LogP contribution in [0.25, 0.3) is 11.3 Å². The largest absolute Gasteiger partial charge is 0.304 e. The van der Waals surface area contributed by atoms with Crippen molar-refractivity contribution in [2.45, 2.75) is 32.2 Å². The SMILES string of the molecule is CN1CCN(CCCCC(=O)Cc2cccc(Cn3nc(-c4ccc(F)c(F)c4)ccc3=O)c2)CC1. The molecule has 0 aliphatic carbocycles. The molecule has 0 atom stereocenters. The second-order valence-electron chi connectivity index (χ2n) is 9.48. The Kier molecular flexibility index (Phi) is 8.72. The molecular weight excluding hydrogens is 462 g/mol. The molecule has 0 amide bonds. The molecule has 0 unspecified atom stereocenters. The maximum Gasteiger partial charge on any atom is 0.267 e. The van der Waals surface area contributed by atoms with E-state index in [0.29, 0.717) is 24.1 Å². The first-order valence-corrected chi connectivity index (χ1v) is 12.4. The van der Waals surface area contributed by atoms with Crippen molar-refractivity contribution in [2.24, 2.45) is 0 Å². The van der Waals surface area contributed by atoms with Gasteiger partial charge in [0.05, 0.1) is 12.2 Å². The number of rotatable bonds is 10. The molecule has 3 aromatic rings. The third kappa shape index (κ3) is 7.15. The van der Waals surface area contributed by atoms with Crippen LogP contribution in [0.15, 0.2) is 59.4 Å². The minimum Gasteiger partial charge on any atom is -0.304 e. The maximum atomic E-state index is 13.6. The maximum absolute atomic E-state index is 13.6. The van der Waals surface area contributed by atoms with E-state index >= 15 is 0 Å². The summed E-state index contributed by atoms with van der Waals surface area (Å²) in [5.41, 5.74) is 2.20. The summed E-state index contributed by atoms with van der Waals surface area (Å²) in [6, 6.07) is 14.0. The summed E-state index contributed by atoms with van der Waals surface area (Å²) < 4.78 is 28.2. The van der Waals surface area contributed by atoms with E-state index in [2.05, 4.69) is 21.9 Å². The summed E-state index contributed by atoms with van der Waals surface area (Å²) in [5, 5.41) is 4.33. The number of halogens is 2. The molecule has 0 bridgehead atoms. The van der Waals surface area contributed by atoms with E-state index in [9.17, 15) is 18.4 Å². The average Bonchev–Trinajstić information content (AvgIpc) is 2.86. The first-order chi connectivity index (χ1) is 17.4. The predicted octanol–water partition coefficient (Wildman–Crippen LogP) is 3.77. The second-order valence-corrected chi connectivity index (χ2v) is 9.48. The van der Waals surface area contributed by atoms with Gasteiger partial charge in [0, 0.05) is 50.7 Å². The van der Waals surface area contributed by atoms with Crippen LogP contribution >= 0.6 is 0 Å². The topological polar surface area (TPSA) is 58.4 Å². The summed E-state index contributed by atoms with van der Waals surface area (Å²) in [6.45, 7) is 5.65. The van der Waals surface area contributed by atoms with Gasteiger partial charge in [0.2, 0.25) is 0 Å². The number of ketones is 1. The Balaban J connectivity index is 1.32. The Morgan fingerprint density at radius 1 is 0.917 bits per heavy atom. The zero-order valence-corrected chi connectivity index (χ0v) is 20.6. The monoisotopic (exact) mass is 494 g/mol. The quantitative estimate of drug-likeness (QED) is 0.402. The fraction of sp³-hybridized carbons (Fsp3) is 0.393. The smallest absolute Gasteiger partial charge is 0.267 e. The number of benzene rings is 2. The zero-order chi connectivity index (χ0) is 25.5. The van der Waals surface area contributed by atoms with Crippen LogP contribution in [0.5, 0.6) is 0 Å². The third-order valence-corrected chi connectivity index (χ3v) is 6.58. The standard InChI is InChI=1S/C28H32F2N4O2/c1-32-13-15-33(16-14-32)12-3-2-7-24(35)18-21-5-4-6-22(17-21)20-34-28(36)11-10-27(31-34)23-8-9-25(29)26(30)19-23/h4-6,8-11,17,19H,2-3,7,12-16,18,20H2,1H3. The van der Waals surface area contributed by atoms with Gasteiger partial charge in [-0.05, 0) is 61.8 Å². The van der Waals surface area contributed by atoms with E-state index < -0.39 is 11.6 Å². The van der Waals surface area contributed by atoms with E-state index in [1.165, 1.54) is 22.9 Å². The van der Waals surface area contributed by atoms with E-state index in [-0.39, 0.29) is 17.9 Å². The Morgan fingerprint density at radius 2 is 1.69 bits per heavy atom. The molecule has 1 aliphatic heterocycles. The van der Waals surface area contributed by atoms with Gasteiger partial charge in [-0.3, -0.25) is 9.59 Å². The number of piperazine rings is 1. The van der Waals surface area contributed by atoms with Crippen molar-refractivity contribution in [1.29, 1.82) is 0 Å². The molecular formula is C28H32F2N4O2. The molecule has 1 aromatic heterocycles. The first-order valence-electron chi connectivity index (χ1n) is 12.4. The fourth-order valence-corrected chi connectivity index (χ4v) is 4.43. The lowest BCUT2D eigenvalue weighted by Crippen LogP contribution is -2.44. The van der Waals surface area contributed by atoms with Crippen molar-refractivity contribution in [3.63, 3.8) is 0 Å². The van der Waals surface area contributed by atoms with Gasteiger partial charge in [-0.1, -0.05) is 24.3 Å². The molecule has 0 radical (unpaired) electrons. The Labute approximate surface area is 210 Å². The van der Waals surface area contributed by atoms with Crippen LogP contribution < -0.4 is 5.56 Å². The van der Waals surface area contributed by atoms with Gasteiger partial charge in [0.15, 0.2) is 11.6 Å². The molecule has 0 spiro atoms. The van der Waals surface area contributed by atoms with Crippen LogP contribution in [0, 0.1) is 11.6 Å². The lowest BCUT2D eigenvalue weighted by molar-refractivity contribution is -0.118. The van der Waals surface area contributed by atoms with E-state index in [0.717, 1.165) is 68.8 Å². The van der Waals surface area contributed by atoms with Crippen LogP contribution in [0.2, 0.25) is 0 Å². The number of nitrogens with zero attached hydrogens (tertiary/aromatic N) is 4. The zero-order valence-electron chi connectivity index (χ0n) is 20.6. The summed E-state index contributed by atoms with van der Waals surface area (Å²) >= 11 is 0. The van der Waals surface area contributed by atoms with Crippen molar-refractivity contribution >= 4 is 5.78 Å². The van der Waals surface area contributed by atoms with Crippen LogP contribution in [0.4, 0.5) is 8.78 Å². The average molecular weight is 495 g/mol. The molecule has 2 aromatic carbocycles.